The third kappa shape index (κ3) is 3.97. The predicted octanol–water partition coefficient (Wildman–Crippen LogP) is 3.45. The Morgan fingerprint density at radius 3 is 2.71 bits per heavy atom. The molecule has 0 aromatic carbocycles. The van der Waals surface area contributed by atoms with Crippen LogP contribution in [-0.4, -0.2) is 20.7 Å². The van der Waals surface area contributed by atoms with Gasteiger partial charge in [-0.2, -0.15) is 0 Å². The molecule has 2 rings (SSSR count). The molecule has 0 saturated heterocycles. The largest absolute Gasteiger partial charge is 0.346 e. The third-order valence-electron chi connectivity index (χ3n) is 3.88. The summed E-state index contributed by atoms with van der Waals surface area (Å²) in [5.74, 6) is 1.70. The van der Waals surface area contributed by atoms with E-state index in [9.17, 15) is 0 Å². The van der Waals surface area contributed by atoms with Crippen molar-refractivity contribution in [2.24, 2.45) is 5.92 Å². The third-order valence-corrected chi connectivity index (χ3v) is 3.88. The Morgan fingerprint density at radius 2 is 2.05 bits per heavy atom. The zero-order valence-corrected chi connectivity index (χ0v) is 13.7. The fourth-order valence-corrected chi connectivity index (χ4v) is 2.72. The Hall–Kier alpha value is -1.55. The van der Waals surface area contributed by atoms with Crippen LogP contribution in [0.3, 0.4) is 0 Å². The molecule has 0 fully saturated rings. The van der Waals surface area contributed by atoms with Crippen molar-refractivity contribution in [3.8, 4) is 0 Å². The fourth-order valence-electron chi connectivity index (χ4n) is 2.72. The van der Waals surface area contributed by atoms with E-state index in [-0.39, 0.29) is 0 Å². The van der Waals surface area contributed by atoms with E-state index in [1.54, 1.807) is 0 Å². The molecule has 0 aliphatic rings. The first kappa shape index (κ1) is 15.8. The number of aromatic nitrogens is 3. The summed E-state index contributed by atoms with van der Waals surface area (Å²) in [5.41, 5.74) is 1.37. The Balaban J connectivity index is 2.09. The summed E-state index contributed by atoms with van der Waals surface area (Å²) in [6, 6.07) is 2.66. The summed E-state index contributed by atoms with van der Waals surface area (Å²) in [4.78, 5) is 4.45. The van der Waals surface area contributed by atoms with Crippen LogP contribution in [0.15, 0.2) is 30.9 Å². The van der Waals surface area contributed by atoms with Crippen LogP contribution in [-0.2, 0) is 13.1 Å². The molecule has 1 unspecified atom stereocenters. The quantitative estimate of drug-likeness (QED) is 0.807. The zero-order chi connectivity index (χ0) is 15.2. The number of nitrogens with zero attached hydrogens (tertiary/aromatic N) is 3. The molecule has 0 aliphatic heterocycles. The van der Waals surface area contributed by atoms with E-state index in [1.165, 1.54) is 5.56 Å². The van der Waals surface area contributed by atoms with Gasteiger partial charge in [0.1, 0.15) is 5.82 Å². The topological polar surface area (TPSA) is 34.8 Å². The molecule has 1 N–H and O–H groups in total. The molecule has 0 saturated carbocycles. The van der Waals surface area contributed by atoms with Crippen LogP contribution in [0.5, 0.6) is 0 Å². The van der Waals surface area contributed by atoms with Gasteiger partial charge in [0.25, 0.3) is 0 Å². The predicted molar refractivity (Wildman–Crippen MR) is 87.3 cm³/mol. The van der Waals surface area contributed by atoms with Crippen LogP contribution in [0.25, 0.3) is 0 Å². The standard InChI is InChI=1S/C17H28N4/c1-5-8-19-17(14(3)4)15-7-10-20(12-15)13-16-18-9-11-21(16)6-2/h7,9-12,14,17,19H,5-6,8,13H2,1-4H3. The van der Waals surface area contributed by atoms with Crippen LogP contribution in [0.4, 0.5) is 0 Å². The van der Waals surface area contributed by atoms with Crippen molar-refractivity contribution in [2.75, 3.05) is 6.54 Å². The first-order valence-corrected chi connectivity index (χ1v) is 8.04. The summed E-state index contributed by atoms with van der Waals surface area (Å²) >= 11 is 0. The van der Waals surface area contributed by atoms with E-state index < -0.39 is 0 Å². The van der Waals surface area contributed by atoms with Crippen molar-refractivity contribution in [3.05, 3.63) is 42.2 Å². The molecule has 0 amide bonds. The lowest BCUT2D eigenvalue weighted by Crippen LogP contribution is -2.26. The lowest BCUT2D eigenvalue weighted by Gasteiger charge is -2.21. The second-order valence-electron chi connectivity index (χ2n) is 5.92. The molecule has 1 atom stereocenters. The first-order valence-electron chi connectivity index (χ1n) is 8.04. The molecule has 0 aliphatic carbocycles. The van der Waals surface area contributed by atoms with E-state index in [2.05, 4.69) is 65.6 Å². The zero-order valence-electron chi connectivity index (χ0n) is 13.7. The van der Waals surface area contributed by atoms with Gasteiger partial charge in [-0.1, -0.05) is 20.8 Å². The Bertz CT molecular complexity index is 538. The van der Waals surface area contributed by atoms with E-state index in [1.807, 2.05) is 12.4 Å². The van der Waals surface area contributed by atoms with Crippen molar-refractivity contribution in [1.82, 2.24) is 19.4 Å². The van der Waals surface area contributed by atoms with Gasteiger partial charge in [-0.3, -0.25) is 0 Å². The van der Waals surface area contributed by atoms with Gasteiger partial charge in [0, 0.05) is 37.4 Å². The number of rotatable bonds is 8. The maximum atomic E-state index is 4.45. The van der Waals surface area contributed by atoms with E-state index >= 15 is 0 Å². The number of hydrogen-bond donors (Lipinski definition) is 1. The van der Waals surface area contributed by atoms with E-state index in [4.69, 9.17) is 0 Å². The maximum absolute atomic E-state index is 4.45. The van der Waals surface area contributed by atoms with Crippen molar-refractivity contribution >= 4 is 0 Å². The maximum Gasteiger partial charge on any atom is 0.128 e. The lowest BCUT2D eigenvalue weighted by atomic mass is 9.98. The van der Waals surface area contributed by atoms with Gasteiger partial charge < -0.3 is 14.5 Å². The molecular weight excluding hydrogens is 260 g/mol. The molecule has 2 heterocycles. The smallest absolute Gasteiger partial charge is 0.128 e. The summed E-state index contributed by atoms with van der Waals surface area (Å²) in [7, 11) is 0. The normalized spacial score (nSPS) is 13.0. The average molecular weight is 288 g/mol. The van der Waals surface area contributed by atoms with Gasteiger partial charge in [-0.25, -0.2) is 4.98 Å². The second-order valence-corrected chi connectivity index (χ2v) is 5.92. The van der Waals surface area contributed by atoms with Gasteiger partial charge in [0.2, 0.25) is 0 Å². The van der Waals surface area contributed by atoms with Crippen LogP contribution in [0, 0.1) is 5.92 Å². The van der Waals surface area contributed by atoms with Gasteiger partial charge in [-0.05, 0) is 37.4 Å². The molecule has 21 heavy (non-hydrogen) atoms. The van der Waals surface area contributed by atoms with Crippen molar-refractivity contribution in [1.29, 1.82) is 0 Å². The Morgan fingerprint density at radius 1 is 1.24 bits per heavy atom. The number of nitrogens with one attached hydrogen (secondary N) is 1. The highest BCUT2D eigenvalue weighted by atomic mass is 15.1. The summed E-state index contributed by atoms with van der Waals surface area (Å²) in [5, 5.41) is 3.65. The second kappa shape index (κ2) is 7.46. The summed E-state index contributed by atoms with van der Waals surface area (Å²) < 4.78 is 4.42. The minimum Gasteiger partial charge on any atom is -0.346 e. The van der Waals surface area contributed by atoms with Crippen LogP contribution in [0.2, 0.25) is 0 Å². The molecule has 0 spiro atoms. The van der Waals surface area contributed by atoms with Crippen molar-refractivity contribution in [2.45, 2.75) is 53.2 Å². The molecule has 116 valence electrons. The first-order chi connectivity index (χ1) is 10.2. The van der Waals surface area contributed by atoms with Gasteiger partial charge >= 0.3 is 0 Å². The minimum absolute atomic E-state index is 0.428. The minimum atomic E-state index is 0.428. The SMILES string of the molecule is CCCNC(c1ccn(Cc2nccn2CC)c1)C(C)C. The highest BCUT2D eigenvalue weighted by Crippen LogP contribution is 2.22. The van der Waals surface area contributed by atoms with Crippen molar-refractivity contribution < 1.29 is 0 Å². The molecule has 2 aromatic heterocycles. The van der Waals surface area contributed by atoms with Crippen molar-refractivity contribution in [3.63, 3.8) is 0 Å². The van der Waals surface area contributed by atoms with E-state index in [0.717, 1.165) is 31.9 Å². The highest BCUT2D eigenvalue weighted by Gasteiger charge is 2.16. The Labute approximate surface area is 128 Å². The van der Waals surface area contributed by atoms with Crippen LogP contribution >= 0.6 is 0 Å². The van der Waals surface area contributed by atoms with Gasteiger partial charge in [0.05, 0.1) is 6.54 Å². The molecule has 4 heteroatoms. The monoisotopic (exact) mass is 288 g/mol. The highest BCUT2D eigenvalue weighted by molar-refractivity contribution is 5.17. The summed E-state index contributed by atoms with van der Waals surface area (Å²) in [6.07, 6.45) is 9.50. The lowest BCUT2D eigenvalue weighted by molar-refractivity contribution is 0.412. The average Bonchev–Trinajstić information content (AvgIpc) is 3.09. The van der Waals surface area contributed by atoms with Gasteiger partial charge in [0.15, 0.2) is 0 Å². The molecule has 0 radical (unpaired) electrons. The van der Waals surface area contributed by atoms with Crippen LogP contribution in [0.1, 0.15) is 51.5 Å². The molecule has 4 nitrogen and oxygen atoms in total. The fraction of sp³-hybridized carbons (Fsp3) is 0.588. The Kier molecular flexibility index (Phi) is 5.62. The summed E-state index contributed by atoms with van der Waals surface area (Å²) in [6.45, 7) is 11.8. The molecular formula is C17H28N4. The number of aryl methyl sites for hydroxylation is 1. The molecule has 2 aromatic rings. The number of imidazole rings is 1. The van der Waals surface area contributed by atoms with Gasteiger partial charge in [-0.15, -0.1) is 0 Å². The van der Waals surface area contributed by atoms with Crippen LogP contribution < -0.4 is 5.32 Å². The van der Waals surface area contributed by atoms with E-state index in [0.29, 0.717) is 12.0 Å². The molecule has 0 bridgehead atoms. The number of hydrogen-bond acceptors (Lipinski definition) is 2.